The minimum atomic E-state index is -1.85. The lowest BCUT2D eigenvalue weighted by Crippen LogP contribution is -2.72. The normalized spacial score (nSPS) is 48.0. The van der Waals surface area contributed by atoms with Gasteiger partial charge < -0.3 is 9.84 Å². The third-order valence-corrected chi connectivity index (χ3v) is 10.9. The van der Waals surface area contributed by atoms with Gasteiger partial charge in [-0.3, -0.25) is 14.4 Å². The van der Waals surface area contributed by atoms with E-state index in [0.717, 1.165) is 6.42 Å². The van der Waals surface area contributed by atoms with Crippen molar-refractivity contribution in [2.24, 2.45) is 34.5 Å². The molecule has 0 aromatic rings. The number of ketones is 2. The van der Waals surface area contributed by atoms with Crippen LogP contribution in [-0.4, -0.2) is 45.9 Å². The number of rotatable bonds is 6. The summed E-state index contributed by atoms with van der Waals surface area (Å²) < 4.78 is 23.4. The molecule has 0 aromatic carbocycles. The lowest BCUT2D eigenvalue weighted by molar-refractivity contribution is -0.264. The number of esters is 1. The second-order valence-corrected chi connectivity index (χ2v) is 12.4. The smallest absolute Gasteiger partial charge is 0.306 e. The van der Waals surface area contributed by atoms with Crippen LogP contribution in [0, 0.1) is 34.5 Å². The van der Waals surface area contributed by atoms with Gasteiger partial charge in [-0.2, -0.15) is 0 Å². The predicted octanol–water partition coefficient (Wildman–Crippen LogP) is 5.19. The van der Waals surface area contributed by atoms with E-state index in [4.69, 9.17) is 16.3 Å². The van der Waals surface area contributed by atoms with Crippen molar-refractivity contribution in [1.29, 1.82) is 0 Å². The van der Waals surface area contributed by atoms with Gasteiger partial charge in [-0.05, 0) is 62.2 Å². The summed E-state index contributed by atoms with van der Waals surface area (Å²) in [5.41, 5.74) is -4.98. The Morgan fingerprint density at radius 2 is 1.88 bits per heavy atom. The minimum Gasteiger partial charge on any atom is -0.450 e. The molecule has 4 saturated carbocycles. The molecule has 1 N–H and O–H groups in total. The summed E-state index contributed by atoms with van der Waals surface area (Å²) in [6.45, 7) is 7.90. The van der Waals surface area contributed by atoms with Crippen LogP contribution < -0.4 is 0 Å². The number of carbonyl (C=O) groups is 3. The molecule has 4 fully saturated rings. The van der Waals surface area contributed by atoms with E-state index in [0.29, 0.717) is 44.9 Å². The molecule has 0 aromatic heterocycles. The van der Waals surface area contributed by atoms with Crippen molar-refractivity contribution in [1.82, 2.24) is 0 Å². The number of alkyl halides is 2. The summed E-state index contributed by atoms with van der Waals surface area (Å²) in [6, 6.07) is 0. The first-order chi connectivity index (χ1) is 15.9. The molecule has 0 radical (unpaired) electrons. The van der Waals surface area contributed by atoms with Gasteiger partial charge in [0.2, 0.25) is 0 Å². The number of ether oxygens (including phenoxy) is 1. The van der Waals surface area contributed by atoms with Crippen LogP contribution in [0.15, 0.2) is 0 Å². The van der Waals surface area contributed by atoms with Crippen LogP contribution in [0.1, 0.15) is 91.9 Å². The highest BCUT2D eigenvalue weighted by atomic mass is 35.5. The topological polar surface area (TPSA) is 80.7 Å². The molecule has 5 nitrogen and oxygen atoms in total. The molecule has 0 amide bonds. The number of hydrogen-bond acceptors (Lipinski definition) is 5. The largest absolute Gasteiger partial charge is 0.450 e. The molecule has 7 heteroatoms. The Labute approximate surface area is 207 Å². The highest BCUT2D eigenvalue weighted by Gasteiger charge is 2.76. The number of fused-ring (bicyclic) bond motifs is 5. The fraction of sp³-hybridized carbons (Fsp3) is 0.889. The van der Waals surface area contributed by atoms with Crippen LogP contribution in [0.3, 0.4) is 0 Å². The first-order valence-corrected chi connectivity index (χ1v) is 13.6. The number of carbonyl (C=O) groups excluding carboxylic acids is 3. The molecular weight excluding hydrogens is 459 g/mol. The minimum absolute atomic E-state index is 0.0407. The average molecular weight is 499 g/mol. The van der Waals surface area contributed by atoms with Crippen LogP contribution in [0.25, 0.3) is 0 Å². The van der Waals surface area contributed by atoms with E-state index in [9.17, 15) is 19.5 Å². The Morgan fingerprint density at radius 1 is 1.18 bits per heavy atom. The fourth-order valence-electron chi connectivity index (χ4n) is 8.84. The van der Waals surface area contributed by atoms with E-state index in [1.54, 1.807) is 0 Å². The van der Waals surface area contributed by atoms with Gasteiger partial charge in [0, 0.05) is 30.1 Å². The SMILES string of the molecule is CCCCC(=O)O[C@]1(C(=O)CCl)CC[C@H]2[C@@H]3C[C@H](C)[C@@H]4CC(=O)CC[C@]4(C)[C@@]3(F)[C@@H](O)C[C@@]21C. The molecule has 0 bridgehead atoms. The molecule has 4 rings (SSSR count). The molecule has 0 aliphatic heterocycles. The van der Waals surface area contributed by atoms with Crippen LogP contribution in [-0.2, 0) is 19.1 Å². The zero-order valence-corrected chi connectivity index (χ0v) is 21.8. The Morgan fingerprint density at radius 3 is 2.53 bits per heavy atom. The second-order valence-electron chi connectivity index (χ2n) is 12.1. The lowest BCUT2D eigenvalue weighted by Gasteiger charge is -2.66. The third kappa shape index (κ3) is 3.37. The Kier molecular flexibility index (Phi) is 6.77. The number of aliphatic hydroxyl groups excluding tert-OH is 1. The monoisotopic (exact) mass is 498 g/mol. The highest BCUT2D eigenvalue weighted by molar-refractivity contribution is 6.29. The Balaban J connectivity index is 1.75. The van der Waals surface area contributed by atoms with E-state index in [1.807, 2.05) is 20.8 Å². The molecule has 4 aliphatic carbocycles. The molecule has 0 unspecified atom stereocenters. The maximum atomic E-state index is 17.4. The van der Waals surface area contributed by atoms with Crippen molar-refractivity contribution in [3.63, 3.8) is 0 Å². The van der Waals surface area contributed by atoms with E-state index in [-0.39, 0.29) is 48.0 Å². The molecule has 4 aliphatic rings. The molecule has 34 heavy (non-hydrogen) atoms. The molecule has 192 valence electrons. The van der Waals surface area contributed by atoms with Gasteiger partial charge in [0.05, 0.1) is 12.0 Å². The zero-order chi connectivity index (χ0) is 25.1. The Hall–Kier alpha value is -1.01. The van der Waals surface area contributed by atoms with Crippen molar-refractivity contribution in [2.75, 3.05) is 5.88 Å². The van der Waals surface area contributed by atoms with Gasteiger partial charge in [-0.25, -0.2) is 4.39 Å². The quantitative estimate of drug-likeness (QED) is 0.402. The molecule has 0 spiro atoms. The van der Waals surface area contributed by atoms with Gasteiger partial charge in [-0.1, -0.05) is 34.1 Å². The summed E-state index contributed by atoms with van der Waals surface area (Å²) in [5.74, 6) is -1.54. The average Bonchev–Trinajstić information content (AvgIpc) is 3.07. The lowest BCUT2D eigenvalue weighted by atomic mass is 9.40. The van der Waals surface area contributed by atoms with E-state index in [1.165, 1.54) is 0 Å². The third-order valence-electron chi connectivity index (χ3n) is 10.6. The highest BCUT2D eigenvalue weighted by Crippen LogP contribution is 2.72. The maximum Gasteiger partial charge on any atom is 0.306 e. The predicted molar refractivity (Wildman–Crippen MR) is 127 cm³/mol. The van der Waals surface area contributed by atoms with Crippen molar-refractivity contribution in [3.05, 3.63) is 0 Å². The van der Waals surface area contributed by atoms with Gasteiger partial charge in [-0.15, -0.1) is 11.6 Å². The first kappa shape index (κ1) is 26.1. The summed E-state index contributed by atoms with van der Waals surface area (Å²) in [4.78, 5) is 38.4. The number of halogens is 2. The Bertz CT molecular complexity index is 864. The van der Waals surface area contributed by atoms with Crippen LogP contribution >= 0.6 is 11.6 Å². The fourth-order valence-corrected chi connectivity index (χ4v) is 9.05. The molecule has 0 saturated heterocycles. The van der Waals surface area contributed by atoms with Crippen LogP contribution in [0.2, 0.25) is 0 Å². The van der Waals surface area contributed by atoms with Crippen molar-refractivity contribution < 1.29 is 28.6 Å². The van der Waals surface area contributed by atoms with Crippen LogP contribution in [0.4, 0.5) is 4.39 Å². The standard InChI is InChI=1S/C27H40ClFO5/c1-5-6-7-23(33)34-26(22(32)15-28)11-9-18-20-12-16(2)19-13-17(30)8-10-24(19,3)27(20,29)21(31)14-25(18,26)4/h16,18-21,31H,5-15H2,1-4H3/t16-,18-,19-,20-,21-,24-,25-,26-,27-/m0/s1. The number of hydrogen-bond donors (Lipinski definition) is 1. The van der Waals surface area contributed by atoms with Gasteiger partial charge >= 0.3 is 5.97 Å². The number of aliphatic hydroxyl groups is 1. The summed E-state index contributed by atoms with van der Waals surface area (Å²) in [7, 11) is 0. The molecule has 9 atom stereocenters. The maximum absolute atomic E-state index is 17.4. The second kappa shape index (κ2) is 8.83. The summed E-state index contributed by atoms with van der Waals surface area (Å²) in [6.07, 6.45) is 3.02. The van der Waals surface area contributed by atoms with E-state index < -0.39 is 40.1 Å². The van der Waals surface area contributed by atoms with E-state index in [2.05, 4.69) is 6.92 Å². The van der Waals surface area contributed by atoms with E-state index >= 15 is 4.39 Å². The zero-order valence-electron chi connectivity index (χ0n) is 21.0. The summed E-state index contributed by atoms with van der Waals surface area (Å²) in [5, 5.41) is 11.5. The first-order valence-electron chi connectivity index (χ1n) is 13.1. The number of unbranched alkanes of at least 4 members (excludes halogenated alkanes) is 1. The van der Waals surface area contributed by atoms with Crippen molar-refractivity contribution in [3.8, 4) is 0 Å². The molecule has 0 heterocycles. The van der Waals surface area contributed by atoms with Crippen LogP contribution in [0.5, 0.6) is 0 Å². The number of Topliss-reactive ketones (excluding diaryl/α,β-unsaturated/α-hetero) is 2. The van der Waals surface area contributed by atoms with Gasteiger partial charge in [0.1, 0.15) is 11.5 Å². The summed E-state index contributed by atoms with van der Waals surface area (Å²) >= 11 is 6.04. The van der Waals surface area contributed by atoms with Crippen molar-refractivity contribution in [2.45, 2.75) is 109 Å². The molecular formula is C27H40ClFO5. The van der Waals surface area contributed by atoms with Gasteiger partial charge in [0.15, 0.2) is 11.4 Å². The van der Waals surface area contributed by atoms with Gasteiger partial charge in [0.25, 0.3) is 0 Å². The van der Waals surface area contributed by atoms with Crippen molar-refractivity contribution >= 4 is 29.1 Å².